The van der Waals surface area contributed by atoms with Crippen LogP contribution in [0.3, 0.4) is 0 Å². The number of aldehydes is 1. The second kappa shape index (κ2) is 4.02. The molecule has 0 radical (unpaired) electrons. The molecule has 2 N–H and O–H groups in total. The number of carbonyl (C=O) groups is 2. The second-order valence-corrected chi connectivity index (χ2v) is 4.01. The summed E-state index contributed by atoms with van der Waals surface area (Å²) >= 11 is 6.29. The van der Waals surface area contributed by atoms with Crippen molar-refractivity contribution in [1.82, 2.24) is 0 Å². The quantitative estimate of drug-likeness (QED) is 0.851. The second-order valence-electron chi connectivity index (χ2n) is 2.30. The minimum absolute atomic E-state index is 0.198. The highest BCUT2D eigenvalue weighted by molar-refractivity contribution is 9.11. The lowest BCUT2D eigenvalue weighted by molar-refractivity contribution is 0.0992. The lowest BCUT2D eigenvalue weighted by atomic mass is 10.1. The molecular formula is C8H5Br2NO2. The van der Waals surface area contributed by atoms with Crippen LogP contribution in [-0.2, 0) is 0 Å². The van der Waals surface area contributed by atoms with Crippen LogP contribution in [0.5, 0.6) is 0 Å². The van der Waals surface area contributed by atoms with Crippen molar-refractivity contribution < 1.29 is 9.59 Å². The van der Waals surface area contributed by atoms with Crippen molar-refractivity contribution in [2.75, 3.05) is 0 Å². The van der Waals surface area contributed by atoms with Crippen LogP contribution in [0.25, 0.3) is 0 Å². The first-order chi connectivity index (χ1) is 6.07. The minimum Gasteiger partial charge on any atom is -0.366 e. The molecule has 0 aliphatic heterocycles. The average Bonchev–Trinajstić information content (AvgIpc) is 2.07. The van der Waals surface area contributed by atoms with E-state index in [1.807, 2.05) is 0 Å². The summed E-state index contributed by atoms with van der Waals surface area (Å²) in [6, 6.07) is 3.32. The molecule has 0 fully saturated rings. The highest BCUT2D eigenvalue weighted by Gasteiger charge is 2.14. The Morgan fingerprint density at radius 3 is 2.23 bits per heavy atom. The Labute approximate surface area is 91.6 Å². The van der Waals surface area contributed by atoms with Gasteiger partial charge < -0.3 is 5.73 Å². The molecule has 0 aliphatic carbocycles. The van der Waals surface area contributed by atoms with Crippen molar-refractivity contribution in [3.63, 3.8) is 0 Å². The van der Waals surface area contributed by atoms with Crippen LogP contribution < -0.4 is 5.73 Å². The normalized spacial score (nSPS) is 9.69. The fourth-order valence-corrected chi connectivity index (χ4v) is 1.90. The lowest BCUT2D eigenvalue weighted by Gasteiger charge is -2.04. The Morgan fingerprint density at radius 1 is 1.31 bits per heavy atom. The van der Waals surface area contributed by atoms with Crippen molar-refractivity contribution >= 4 is 44.1 Å². The van der Waals surface area contributed by atoms with E-state index in [0.29, 0.717) is 15.2 Å². The molecule has 1 amide bonds. The molecule has 68 valence electrons. The van der Waals surface area contributed by atoms with Crippen LogP contribution >= 0.6 is 31.9 Å². The number of nitrogens with two attached hydrogens (primary N) is 1. The first-order valence-corrected chi connectivity index (χ1v) is 4.89. The molecule has 1 aromatic carbocycles. The standard InChI is InChI=1S/C8H5Br2NO2/c9-5-1-2-6(10)7(8(11)13)4(5)3-12/h1-3H,(H2,11,13). The molecule has 0 saturated carbocycles. The summed E-state index contributed by atoms with van der Waals surface area (Å²) < 4.78 is 1.07. The van der Waals surface area contributed by atoms with Crippen LogP contribution in [0.4, 0.5) is 0 Å². The van der Waals surface area contributed by atoms with E-state index in [4.69, 9.17) is 5.73 Å². The summed E-state index contributed by atoms with van der Waals surface area (Å²) in [5.41, 5.74) is 5.58. The van der Waals surface area contributed by atoms with E-state index < -0.39 is 5.91 Å². The van der Waals surface area contributed by atoms with E-state index in [2.05, 4.69) is 31.9 Å². The Morgan fingerprint density at radius 2 is 1.85 bits per heavy atom. The van der Waals surface area contributed by atoms with Gasteiger partial charge in [-0.25, -0.2) is 0 Å². The number of carbonyl (C=O) groups excluding carboxylic acids is 2. The molecule has 0 unspecified atom stereocenters. The van der Waals surface area contributed by atoms with E-state index in [9.17, 15) is 9.59 Å². The van der Waals surface area contributed by atoms with E-state index in [1.165, 1.54) is 0 Å². The van der Waals surface area contributed by atoms with Gasteiger partial charge in [-0.2, -0.15) is 0 Å². The molecule has 1 rings (SSSR count). The summed E-state index contributed by atoms with van der Waals surface area (Å²) in [5, 5.41) is 0. The zero-order valence-electron chi connectivity index (χ0n) is 6.38. The van der Waals surface area contributed by atoms with E-state index in [-0.39, 0.29) is 11.1 Å². The summed E-state index contributed by atoms with van der Waals surface area (Å²) in [6.07, 6.45) is 0.592. The molecule has 5 heteroatoms. The van der Waals surface area contributed by atoms with Crippen LogP contribution in [-0.4, -0.2) is 12.2 Å². The van der Waals surface area contributed by atoms with Gasteiger partial charge in [-0.15, -0.1) is 0 Å². The van der Waals surface area contributed by atoms with Crippen molar-refractivity contribution in [2.24, 2.45) is 5.73 Å². The fraction of sp³-hybridized carbons (Fsp3) is 0. The molecule has 0 aromatic heterocycles. The number of benzene rings is 1. The van der Waals surface area contributed by atoms with Gasteiger partial charge in [0.15, 0.2) is 6.29 Å². The third kappa shape index (κ3) is 1.97. The predicted octanol–water partition coefficient (Wildman–Crippen LogP) is 2.12. The Balaban J connectivity index is 3.52. The maximum Gasteiger partial charge on any atom is 0.250 e. The molecule has 0 atom stereocenters. The maximum atomic E-state index is 11.0. The molecule has 13 heavy (non-hydrogen) atoms. The molecule has 3 nitrogen and oxygen atoms in total. The molecule has 0 spiro atoms. The van der Waals surface area contributed by atoms with Gasteiger partial charge in [0.25, 0.3) is 5.91 Å². The van der Waals surface area contributed by atoms with E-state index in [1.54, 1.807) is 12.1 Å². The molecular weight excluding hydrogens is 302 g/mol. The van der Waals surface area contributed by atoms with Crippen molar-refractivity contribution in [1.29, 1.82) is 0 Å². The summed E-state index contributed by atoms with van der Waals surface area (Å²) in [4.78, 5) is 21.6. The molecule has 0 aliphatic rings. The van der Waals surface area contributed by atoms with E-state index in [0.717, 1.165) is 0 Å². The lowest BCUT2D eigenvalue weighted by Crippen LogP contribution is -2.14. The summed E-state index contributed by atoms with van der Waals surface area (Å²) in [6.45, 7) is 0. The third-order valence-electron chi connectivity index (χ3n) is 1.51. The monoisotopic (exact) mass is 305 g/mol. The number of primary amides is 1. The SMILES string of the molecule is NC(=O)c1c(Br)ccc(Br)c1C=O. The van der Waals surface area contributed by atoms with Crippen LogP contribution in [0, 0.1) is 0 Å². The Kier molecular flexibility index (Phi) is 3.22. The fourth-order valence-electron chi connectivity index (χ4n) is 0.933. The number of amides is 1. The van der Waals surface area contributed by atoms with Crippen molar-refractivity contribution in [3.8, 4) is 0 Å². The number of rotatable bonds is 2. The molecule has 0 bridgehead atoms. The summed E-state index contributed by atoms with van der Waals surface area (Å²) in [7, 11) is 0. The maximum absolute atomic E-state index is 11.0. The molecule has 1 aromatic rings. The van der Waals surface area contributed by atoms with Crippen molar-refractivity contribution in [3.05, 3.63) is 32.2 Å². The number of hydrogen-bond donors (Lipinski definition) is 1. The highest BCUT2D eigenvalue weighted by Crippen LogP contribution is 2.25. The minimum atomic E-state index is -0.629. The van der Waals surface area contributed by atoms with Crippen molar-refractivity contribution in [2.45, 2.75) is 0 Å². The van der Waals surface area contributed by atoms with Gasteiger partial charge in [-0.05, 0) is 28.1 Å². The molecule has 0 saturated heterocycles. The van der Waals surface area contributed by atoms with Gasteiger partial charge in [0.1, 0.15) is 0 Å². The first-order valence-electron chi connectivity index (χ1n) is 3.31. The predicted molar refractivity (Wildman–Crippen MR) is 55.7 cm³/mol. The zero-order valence-corrected chi connectivity index (χ0v) is 9.55. The third-order valence-corrected chi connectivity index (χ3v) is 2.86. The highest BCUT2D eigenvalue weighted by atomic mass is 79.9. The Bertz CT molecular complexity index is 377. The van der Waals surface area contributed by atoms with Gasteiger partial charge >= 0.3 is 0 Å². The van der Waals surface area contributed by atoms with Crippen LogP contribution in [0.1, 0.15) is 20.7 Å². The van der Waals surface area contributed by atoms with Gasteiger partial charge in [-0.3, -0.25) is 9.59 Å². The van der Waals surface area contributed by atoms with Gasteiger partial charge in [0.05, 0.1) is 5.56 Å². The largest absolute Gasteiger partial charge is 0.366 e. The smallest absolute Gasteiger partial charge is 0.250 e. The van der Waals surface area contributed by atoms with Gasteiger partial charge in [0.2, 0.25) is 0 Å². The van der Waals surface area contributed by atoms with Crippen LogP contribution in [0.2, 0.25) is 0 Å². The number of halogens is 2. The first kappa shape index (κ1) is 10.4. The molecule has 0 heterocycles. The van der Waals surface area contributed by atoms with Crippen LogP contribution in [0.15, 0.2) is 21.1 Å². The summed E-state index contributed by atoms with van der Waals surface area (Å²) in [5.74, 6) is -0.629. The van der Waals surface area contributed by atoms with Gasteiger partial charge in [0, 0.05) is 14.5 Å². The van der Waals surface area contributed by atoms with Gasteiger partial charge in [-0.1, -0.05) is 15.9 Å². The topological polar surface area (TPSA) is 60.2 Å². The van der Waals surface area contributed by atoms with E-state index >= 15 is 0 Å². The number of hydrogen-bond acceptors (Lipinski definition) is 2. The Hall–Kier alpha value is -0.680. The average molecular weight is 307 g/mol. The zero-order chi connectivity index (χ0) is 10.0.